The van der Waals surface area contributed by atoms with Crippen molar-refractivity contribution in [3.05, 3.63) is 72.0 Å². The van der Waals surface area contributed by atoms with E-state index in [4.69, 9.17) is 4.74 Å². The van der Waals surface area contributed by atoms with E-state index in [2.05, 4.69) is 30.0 Å². The van der Waals surface area contributed by atoms with Gasteiger partial charge in [0.05, 0.1) is 5.52 Å². The number of ether oxygens (including phenoxy) is 1. The molecule has 0 fully saturated rings. The molecule has 0 bridgehead atoms. The van der Waals surface area contributed by atoms with Crippen molar-refractivity contribution in [3.8, 4) is 5.75 Å². The lowest BCUT2D eigenvalue weighted by molar-refractivity contribution is 0.302. The van der Waals surface area contributed by atoms with E-state index in [1.807, 2.05) is 12.1 Å². The number of aromatic nitrogens is 2. The van der Waals surface area contributed by atoms with Gasteiger partial charge in [0.15, 0.2) is 0 Å². The Bertz CT molecular complexity index is 856. The van der Waals surface area contributed by atoms with Crippen LogP contribution in [-0.4, -0.2) is 9.55 Å². The second-order valence-electron chi connectivity index (χ2n) is 5.51. The first kappa shape index (κ1) is 18.0. The summed E-state index contributed by atoms with van der Waals surface area (Å²) in [5.74, 6) is 0.351. The highest BCUT2D eigenvalue weighted by molar-refractivity contribution is 5.87. The van der Waals surface area contributed by atoms with E-state index in [-0.39, 0.29) is 18.2 Å². The summed E-state index contributed by atoms with van der Waals surface area (Å²) in [6, 6.07) is 8.04. The third-order valence-corrected chi connectivity index (χ3v) is 4.12. The van der Waals surface area contributed by atoms with Crippen LogP contribution in [0.15, 0.2) is 49.2 Å². The molecule has 0 aliphatic heterocycles. The molecule has 0 saturated heterocycles. The Hall–Kier alpha value is -2.33. The highest BCUT2D eigenvalue weighted by atomic mass is 35.5. The summed E-state index contributed by atoms with van der Waals surface area (Å²) in [6.07, 6.45) is 3.68. The van der Waals surface area contributed by atoms with Gasteiger partial charge in [-0.15, -0.1) is 19.0 Å². The third-order valence-electron chi connectivity index (χ3n) is 4.12. The Morgan fingerprint density at radius 2 is 1.92 bits per heavy atom. The highest BCUT2D eigenvalue weighted by Crippen LogP contribution is 2.27. The largest absolute Gasteiger partial charge is 0.487 e. The van der Waals surface area contributed by atoms with Crippen molar-refractivity contribution in [3.63, 3.8) is 0 Å². The van der Waals surface area contributed by atoms with Crippen molar-refractivity contribution >= 4 is 23.3 Å². The Morgan fingerprint density at radius 3 is 2.58 bits per heavy atom. The number of hydrogen-bond donors (Lipinski definition) is 0. The topological polar surface area (TPSA) is 27.1 Å². The van der Waals surface area contributed by atoms with E-state index < -0.39 is 0 Å². The van der Waals surface area contributed by atoms with Gasteiger partial charge < -0.3 is 9.30 Å². The number of fused-ring (bicyclic) bond motifs is 1. The predicted molar refractivity (Wildman–Crippen MR) is 97.4 cm³/mol. The Morgan fingerprint density at radius 1 is 1.21 bits per heavy atom. The fourth-order valence-electron chi connectivity index (χ4n) is 2.81. The molecule has 2 aromatic heterocycles. The van der Waals surface area contributed by atoms with Gasteiger partial charge in [0.25, 0.3) is 0 Å². The van der Waals surface area contributed by atoms with Gasteiger partial charge in [0, 0.05) is 23.8 Å². The molecule has 126 valence electrons. The van der Waals surface area contributed by atoms with Crippen LogP contribution in [0.1, 0.15) is 17.0 Å². The summed E-state index contributed by atoms with van der Waals surface area (Å²) in [5, 5.41) is 1.18. The van der Waals surface area contributed by atoms with Gasteiger partial charge >= 0.3 is 0 Å². The molecule has 0 unspecified atom stereocenters. The molecular weight excluding hydrogens is 327 g/mol. The molecule has 0 spiro atoms. The molecule has 3 aromatic rings. The first-order valence-corrected chi connectivity index (χ1v) is 7.54. The van der Waals surface area contributed by atoms with Gasteiger partial charge in [0.1, 0.15) is 23.9 Å². The van der Waals surface area contributed by atoms with Crippen LogP contribution >= 0.6 is 12.4 Å². The molecule has 3 rings (SSSR count). The maximum Gasteiger partial charge on any atom is 0.132 e. The average Bonchev–Trinajstić information content (AvgIpc) is 2.80. The average molecular weight is 347 g/mol. The predicted octanol–water partition coefficient (Wildman–Crippen LogP) is 4.98. The van der Waals surface area contributed by atoms with Crippen LogP contribution in [-0.2, 0) is 13.2 Å². The first-order valence-electron chi connectivity index (χ1n) is 7.54. The molecule has 24 heavy (non-hydrogen) atoms. The molecular formula is C19H20ClFN2O. The number of aryl methyl sites for hydroxylation is 1. The van der Waals surface area contributed by atoms with E-state index in [0.29, 0.717) is 12.4 Å². The van der Waals surface area contributed by atoms with E-state index >= 15 is 0 Å². The first-order chi connectivity index (χ1) is 11.1. The lowest BCUT2D eigenvalue weighted by atomic mass is 10.2. The molecule has 1 aromatic carbocycles. The number of benzene rings is 1. The second-order valence-corrected chi connectivity index (χ2v) is 5.51. The van der Waals surface area contributed by atoms with Gasteiger partial charge in [-0.05, 0) is 49.7 Å². The number of hydrogen-bond acceptors (Lipinski definition) is 2. The van der Waals surface area contributed by atoms with Crippen LogP contribution in [0, 0.1) is 19.7 Å². The minimum atomic E-state index is -0.274. The highest BCUT2D eigenvalue weighted by Gasteiger charge is 2.14. The quantitative estimate of drug-likeness (QED) is 0.609. The zero-order valence-electron chi connectivity index (χ0n) is 13.8. The van der Waals surface area contributed by atoms with Crippen LogP contribution in [0.25, 0.3) is 10.9 Å². The van der Waals surface area contributed by atoms with Crippen molar-refractivity contribution in [2.45, 2.75) is 27.0 Å². The summed E-state index contributed by atoms with van der Waals surface area (Å²) in [7, 11) is 0. The van der Waals surface area contributed by atoms with Crippen LogP contribution in [0.2, 0.25) is 0 Å². The maximum absolute atomic E-state index is 13.0. The molecule has 0 atom stereocenters. The smallest absolute Gasteiger partial charge is 0.132 e. The van der Waals surface area contributed by atoms with Gasteiger partial charge in [0.2, 0.25) is 0 Å². The number of rotatable bonds is 5. The zero-order valence-corrected chi connectivity index (χ0v) is 14.6. The van der Waals surface area contributed by atoms with E-state index in [0.717, 1.165) is 17.8 Å². The fourth-order valence-corrected chi connectivity index (χ4v) is 2.81. The molecule has 2 heterocycles. The van der Waals surface area contributed by atoms with E-state index in [9.17, 15) is 4.39 Å². The Balaban J connectivity index is 0.00000208. The summed E-state index contributed by atoms with van der Waals surface area (Å²) < 4.78 is 20.9. The summed E-state index contributed by atoms with van der Waals surface area (Å²) in [5.41, 5.74) is 4.39. The van der Waals surface area contributed by atoms with Gasteiger partial charge in [-0.3, -0.25) is 4.98 Å². The van der Waals surface area contributed by atoms with E-state index in [1.165, 1.54) is 28.8 Å². The van der Waals surface area contributed by atoms with Crippen molar-refractivity contribution < 1.29 is 9.13 Å². The molecule has 0 saturated carbocycles. The van der Waals surface area contributed by atoms with Crippen LogP contribution in [0.5, 0.6) is 5.75 Å². The lowest BCUT2D eigenvalue weighted by Gasteiger charge is -2.10. The zero-order chi connectivity index (χ0) is 16.4. The SMILES string of the molecule is C=CCn1c(C)c(C)c2ccnc(COc3ccc(F)cc3)c21.Cl. The Kier molecular flexibility index (Phi) is 5.62. The van der Waals surface area contributed by atoms with Crippen LogP contribution < -0.4 is 4.74 Å². The summed E-state index contributed by atoms with van der Waals surface area (Å²) in [4.78, 5) is 4.48. The van der Waals surface area contributed by atoms with Crippen LogP contribution in [0.3, 0.4) is 0 Å². The van der Waals surface area contributed by atoms with Crippen molar-refractivity contribution in [2.24, 2.45) is 0 Å². The number of halogens is 2. The third kappa shape index (κ3) is 3.29. The maximum atomic E-state index is 13.0. The number of allylic oxidation sites excluding steroid dienone is 1. The molecule has 0 radical (unpaired) electrons. The van der Waals surface area contributed by atoms with Gasteiger partial charge in [-0.2, -0.15) is 0 Å². The van der Waals surface area contributed by atoms with Crippen molar-refractivity contribution in [1.82, 2.24) is 9.55 Å². The monoisotopic (exact) mass is 346 g/mol. The minimum absolute atomic E-state index is 0. The fraction of sp³-hybridized carbons (Fsp3) is 0.211. The normalized spacial score (nSPS) is 10.5. The van der Waals surface area contributed by atoms with Gasteiger partial charge in [-0.1, -0.05) is 6.08 Å². The standard InChI is InChI=1S/C19H19FN2O.ClH/c1-4-11-22-14(3)13(2)17-9-10-21-18(19(17)22)12-23-16-7-5-15(20)6-8-16;/h4-10H,1,11-12H2,2-3H3;1H. The lowest BCUT2D eigenvalue weighted by Crippen LogP contribution is -2.04. The molecule has 3 nitrogen and oxygen atoms in total. The number of nitrogens with zero attached hydrogens (tertiary/aromatic N) is 2. The van der Waals surface area contributed by atoms with Crippen molar-refractivity contribution in [2.75, 3.05) is 0 Å². The van der Waals surface area contributed by atoms with Crippen LogP contribution in [0.4, 0.5) is 4.39 Å². The van der Waals surface area contributed by atoms with Gasteiger partial charge in [-0.25, -0.2) is 4.39 Å². The Labute approximate surface area is 147 Å². The molecule has 0 aliphatic rings. The second kappa shape index (κ2) is 7.49. The summed E-state index contributed by atoms with van der Waals surface area (Å²) >= 11 is 0. The van der Waals surface area contributed by atoms with Crippen molar-refractivity contribution in [1.29, 1.82) is 0 Å². The molecule has 5 heteroatoms. The molecule has 0 N–H and O–H groups in total. The molecule has 0 aliphatic carbocycles. The van der Waals surface area contributed by atoms with E-state index in [1.54, 1.807) is 18.3 Å². The number of pyridine rings is 1. The summed E-state index contributed by atoms with van der Waals surface area (Å²) in [6.45, 7) is 9.11. The molecule has 0 amide bonds. The minimum Gasteiger partial charge on any atom is -0.487 e.